The molecule has 0 aromatic rings. The highest BCUT2D eigenvalue weighted by Gasteiger charge is 2.44. The minimum Gasteiger partial charge on any atom is -0.373 e. The third kappa shape index (κ3) is 1.84. The van der Waals surface area contributed by atoms with Crippen LogP contribution in [0.25, 0.3) is 0 Å². The molecule has 3 nitrogen and oxygen atoms in total. The fraction of sp³-hybridized carbons (Fsp3) is 0.909. The van der Waals surface area contributed by atoms with Gasteiger partial charge in [-0.25, -0.2) is 0 Å². The lowest BCUT2D eigenvalue weighted by molar-refractivity contribution is -0.142. The van der Waals surface area contributed by atoms with Gasteiger partial charge >= 0.3 is 0 Å². The number of Topliss-reactive ketones (excluding diaryl/α,β-unsaturated/α-hetero) is 1. The van der Waals surface area contributed by atoms with E-state index in [1.54, 1.807) is 0 Å². The largest absolute Gasteiger partial charge is 0.373 e. The second-order valence-electron chi connectivity index (χ2n) is 4.72. The number of rotatable bonds is 3. The number of carbonyl (C=O) groups excluding carboxylic acids is 1. The van der Waals surface area contributed by atoms with Crippen LogP contribution in [0.5, 0.6) is 0 Å². The zero-order chi connectivity index (χ0) is 10.2. The molecule has 1 aliphatic carbocycles. The first kappa shape index (κ1) is 10.1. The molecule has 1 saturated heterocycles. The molecular formula is C11H19NO2. The number of ketones is 1. The summed E-state index contributed by atoms with van der Waals surface area (Å²) in [6.07, 6.45) is 2.61. The Hall–Kier alpha value is -0.410. The van der Waals surface area contributed by atoms with E-state index in [1.165, 1.54) is 0 Å². The summed E-state index contributed by atoms with van der Waals surface area (Å²) < 4.78 is 5.66. The number of likely N-dealkylation sites (tertiary alicyclic amines) is 1. The molecule has 0 radical (unpaired) electrons. The van der Waals surface area contributed by atoms with Crippen molar-refractivity contribution in [2.45, 2.75) is 44.8 Å². The van der Waals surface area contributed by atoms with Crippen LogP contribution < -0.4 is 0 Å². The van der Waals surface area contributed by atoms with Crippen molar-refractivity contribution >= 4 is 5.78 Å². The van der Waals surface area contributed by atoms with Gasteiger partial charge in [-0.2, -0.15) is 0 Å². The summed E-state index contributed by atoms with van der Waals surface area (Å²) in [6, 6.07) is 0.510. The van der Waals surface area contributed by atoms with Gasteiger partial charge in [-0.05, 0) is 20.3 Å². The topological polar surface area (TPSA) is 29.5 Å². The maximum atomic E-state index is 11.1. The number of nitrogens with zero attached hydrogens (tertiary/aromatic N) is 1. The van der Waals surface area contributed by atoms with Crippen molar-refractivity contribution in [1.29, 1.82) is 0 Å². The highest BCUT2D eigenvalue weighted by Crippen LogP contribution is 2.31. The second kappa shape index (κ2) is 3.63. The maximum Gasteiger partial charge on any atom is 0.134 e. The number of carbonyl (C=O) groups is 1. The molecule has 2 aliphatic rings. The predicted molar refractivity (Wildman–Crippen MR) is 54.3 cm³/mol. The third-order valence-corrected chi connectivity index (χ3v) is 3.30. The Kier molecular flexibility index (Phi) is 2.62. The summed E-state index contributed by atoms with van der Waals surface area (Å²) in [5.41, 5.74) is 0.0559. The zero-order valence-corrected chi connectivity index (χ0v) is 9.08. The van der Waals surface area contributed by atoms with Crippen LogP contribution in [0.1, 0.15) is 33.1 Å². The summed E-state index contributed by atoms with van der Waals surface area (Å²) >= 11 is 0. The summed E-state index contributed by atoms with van der Waals surface area (Å²) in [5, 5.41) is 0. The average Bonchev–Trinajstić information content (AvgIpc) is 2.47. The van der Waals surface area contributed by atoms with E-state index < -0.39 is 0 Å². The Morgan fingerprint density at radius 1 is 1.57 bits per heavy atom. The minimum atomic E-state index is 0.0559. The van der Waals surface area contributed by atoms with E-state index >= 15 is 0 Å². The van der Waals surface area contributed by atoms with Gasteiger partial charge in [0, 0.05) is 38.6 Å². The number of hydrogen-bond donors (Lipinski definition) is 0. The van der Waals surface area contributed by atoms with Crippen LogP contribution in [-0.2, 0) is 9.53 Å². The van der Waals surface area contributed by atoms with Crippen molar-refractivity contribution in [3.8, 4) is 0 Å². The van der Waals surface area contributed by atoms with Crippen molar-refractivity contribution in [2.75, 3.05) is 19.7 Å². The number of ether oxygens (including phenoxy) is 1. The summed E-state index contributed by atoms with van der Waals surface area (Å²) in [6.45, 7) is 6.97. The summed E-state index contributed by atoms with van der Waals surface area (Å²) in [4.78, 5) is 13.5. The van der Waals surface area contributed by atoms with E-state index in [0.717, 1.165) is 39.0 Å². The first-order valence-corrected chi connectivity index (χ1v) is 5.53. The molecule has 0 spiro atoms. The molecule has 80 valence electrons. The van der Waals surface area contributed by atoms with E-state index in [0.29, 0.717) is 11.8 Å². The Balaban J connectivity index is 1.79. The van der Waals surface area contributed by atoms with Crippen LogP contribution in [0.2, 0.25) is 0 Å². The Morgan fingerprint density at radius 3 is 2.79 bits per heavy atom. The SMILES string of the molecule is CCOC1(C)CN(C2CCC(=O)C2)C1. The molecule has 3 heteroatoms. The summed E-state index contributed by atoms with van der Waals surface area (Å²) in [5.74, 6) is 0.431. The standard InChI is InChI=1S/C11H19NO2/c1-3-14-11(2)7-12(8-11)9-4-5-10(13)6-9/h9H,3-8H2,1-2H3. The van der Waals surface area contributed by atoms with Gasteiger partial charge in [0.2, 0.25) is 0 Å². The molecule has 0 bridgehead atoms. The Morgan fingerprint density at radius 2 is 2.29 bits per heavy atom. The number of hydrogen-bond acceptors (Lipinski definition) is 3. The molecule has 1 atom stereocenters. The fourth-order valence-electron chi connectivity index (χ4n) is 2.62. The highest BCUT2D eigenvalue weighted by atomic mass is 16.5. The highest BCUT2D eigenvalue weighted by molar-refractivity contribution is 5.81. The van der Waals surface area contributed by atoms with Crippen LogP contribution in [-0.4, -0.2) is 42.0 Å². The van der Waals surface area contributed by atoms with E-state index in [-0.39, 0.29) is 5.60 Å². The smallest absolute Gasteiger partial charge is 0.134 e. The van der Waals surface area contributed by atoms with Crippen molar-refractivity contribution in [1.82, 2.24) is 4.90 Å². The van der Waals surface area contributed by atoms with E-state index in [2.05, 4.69) is 11.8 Å². The molecule has 0 aromatic heterocycles. The van der Waals surface area contributed by atoms with Crippen molar-refractivity contribution in [2.24, 2.45) is 0 Å². The molecule has 1 heterocycles. The molecule has 0 amide bonds. The van der Waals surface area contributed by atoms with Crippen LogP contribution in [0.4, 0.5) is 0 Å². The van der Waals surface area contributed by atoms with Crippen molar-refractivity contribution < 1.29 is 9.53 Å². The van der Waals surface area contributed by atoms with Crippen LogP contribution in [0.3, 0.4) is 0 Å². The van der Waals surface area contributed by atoms with E-state index in [9.17, 15) is 4.79 Å². The Labute approximate surface area is 85.4 Å². The average molecular weight is 197 g/mol. The van der Waals surface area contributed by atoms with Crippen molar-refractivity contribution in [3.05, 3.63) is 0 Å². The fourth-order valence-corrected chi connectivity index (χ4v) is 2.62. The van der Waals surface area contributed by atoms with Gasteiger partial charge in [0.05, 0.1) is 5.60 Å². The lowest BCUT2D eigenvalue weighted by Crippen LogP contribution is -2.63. The second-order valence-corrected chi connectivity index (χ2v) is 4.72. The van der Waals surface area contributed by atoms with Gasteiger partial charge in [0.1, 0.15) is 5.78 Å². The molecule has 0 aromatic carbocycles. The molecule has 1 saturated carbocycles. The third-order valence-electron chi connectivity index (χ3n) is 3.30. The minimum absolute atomic E-state index is 0.0559. The predicted octanol–water partition coefficient (Wildman–Crippen LogP) is 1.22. The quantitative estimate of drug-likeness (QED) is 0.681. The molecular weight excluding hydrogens is 178 g/mol. The lowest BCUT2D eigenvalue weighted by atomic mass is 9.93. The normalized spacial score (nSPS) is 31.9. The maximum absolute atomic E-state index is 11.1. The zero-order valence-electron chi connectivity index (χ0n) is 9.08. The molecule has 2 rings (SSSR count). The Bertz CT molecular complexity index is 233. The van der Waals surface area contributed by atoms with E-state index in [4.69, 9.17) is 4.74 Å². The molecule has 0 N–H and O–H groups in total. The van der Waals surface area contributed by atoms with E-state index in [1.807, 2.05) is 6.92 Å². The van der Waals surface area contributed by atoms with Crippen molar-refractivity contribution in [3.63, 3.8) is 0 Å². The van der Waals surface area contributed by atoms with Gasteiger partial charge in [0.25, 0.3) is 0 Å². The van der Waals surface area contributed by atoms with Gasteiger partial charge in [0.15, 0.2) is 0 Å². The monoisotopic (exact) mass is 197 g/mol. The van der Waals surface area contributed by atoms with Crippen LogP contribution in [0, 0.1) is 0 Å². The van der Waals surface area contributed by atoms with Gasteiger partial charge in [-0.3, -0.25) is 9.69 Å². The molecule has 2 fully saturated rings. The molecule has 1 aliphatic heterocycles. The first-order valence-electron chi connectivity index (χ1n) is 5.53. The molecule has 14 heavy (non-hydrogen) atoms. The van der Waals surface area contributed by atoms with Gasteiger partial charge in [-0.1, -0.05) is 0 Å². The summed E-state index contributed by atoms with van der Waals surface area (Å²) in [7, 11) is 0. The first-order chi connectivity index (χ1) is 6.63. The molecule has 1 unspecified atom stereocenters. The van der Waals surface area contributed by atoms with Crippen LogP contribution >= 0.6 is 0 Å². The lowest BCUT2D eigenvalue weighted by Gasteiger charge is -2.50. The van der Waals surface area contributed by atoms with Gasteiger partial charge in [-0.15, -0.1) is 0 Å². The van der Waals surface area contributed by atoms with Crippen LogP contribution in [0.15, 0.2) is 0 Å². The van der Waals surface area contributed by atoms with Gasteiger partial charge < -0.3 is 4.74 Å².